The van der Waals surface area contributed by atoms with Crippen molar-refractivity contribution in [3.8, 4) is 0 Å². The summed E-state index contributed by atoms with van der Waals surface area (Å²) >= 11 is 0. The van der Waals surface area contributed by atoms with Gasteiger partial charge in [0.05, 0.1) is 6.61 Å². The molecule has 0 aliphatic rings. The van der Waals surface area contributed by atoms with E-state index in [2.05, 4.69) is 26.7 Å². The van der Waals surface area contributed by atoms with Gasteiger partial charge in [-0.05, 0) is 36.2 Å². The molecule has 6 nitrogen and oxygen atoms in total. The minimum absolute atomic E-state index is 0.0579. The molecule has 0 fully saturated rings. The fraction of sp³-hybridized carbons (Fsp3) is 0.167. The van der Waals surface area contributed by atoms with Crippen LogP contribution in [0.5, 0.6) is 0 Å². The van der Waals surface area contributed by atoms with E-state index in [1.54, 1.807) is 6.92 Å². The number of ether oxygens (including phenoxy) is 1. The SMILES string of the molecule is CCOC(=O)/C(=C\c1ccc2c3ccccc3n(C)c2c1)N=[N+]=[N-]. The van der Waals surface area contributed by atoms with Crippen LogP contribution < -0.4 is 0 Å². The van der Waals surface area contributed by atoms with E-state index in [9.17, 15) is 4.79 Å². The van der Waals surface area contributed by atoms with Crippen molar-refractivity contribution in [1.29, 1.82) is 0 Å². The van der Waals surface area contributed by atoms with Gasteiger partial charge in [-0.15, -0.1) is 0 Å². The van der Waals surface area contributed by atoms with Gasteiger partial charge in [-0.1, -0.05) is 35.4 Å². The highest BCUT2D eigenvalue weighted by atomic mass is 16.5. The quantitative estimate of drug-likeness (QED) is 0.232. The van der Waals surface area contributed by atoms with Gasteiger partial charge in [0, 0.05) is 33.8 Å². The summed E-state index contributed by atoms with van der Waals surface area (Å²) in [6.07, 6.45) is 1.54. The Morgan fingerprint density at radius 2 is 2.00 bits per heavy atom. The van der Waals surface area contributed by atoms with Gasteiger partial charge in [-0.2, -0.15) is 0 Å². The Morgan fingerprint density at radius 3 is 2.75 bits per heavy atom. The van der Waals surface area contributed by atoms with E-state index in [4.69, 9.17) is 10.3 Å². The number of aromatic nitrogens is 1. The summed E-state index contributed by atoms with van der Waals surface area (Å²) in [6.45, 7) is 1.92. The van der Waals surface area contributed by atoms with Crippen molar-refractivity contribution in [3.63, 3.8) is 0 Å². The molecule has 24 heavy (non-hydrogen) atoms. The first-order valence-electron chi connectivity index (χ1n) is 7.56. The lowest BCUT2D eigenvalue weighted by Crippen LogP contribution is -2.05. The molecule has 3 rings (SSSR count). The van der Waals surface area contributed by atoms with Crippen LogP contribution in [0.25, 0.3) is 38.3 Å². The van der Waals surface area contributed by atoms with Crippen LogP contribution in [-0.4, -0.2) is 17.1 Å². The highest BCUT2D eigenvalue weighted by Gasteiger charge is 2.11. The van der Waals surface area contributed by atoms with E-state index in [1.807, 2.05) is 37.4 Å². The number of rotatable bonds is 4. The van der Waals surface area contributed by atoms with Crippen molar-refractivity contribution in [2.75, 3.05) is 6.61 Å². The number of carbonyl (C=O) groups excluding carboxylic acids is 1. The Kier molecular flexibility index (Phi) is 4.22. The van der Waals surface area contributed by atoms with E-state index in [0.29, 0.717) is 0 Å². The molecule has 1 aromatic heterocycles. The van der Waals surface area contributed by atoms with Crippen molar-refractivity contribution in [1.82, 2.24) is 4.57 Å². The number of hydrogen-bond acceptors (Lipinski definition) is 3. The topological polar surface area (TPSA) is 80.0 Å². The molecule has 6 heteroatoms. The molecular weight excluding hydrogens is 304 g/mol. The molecule has 2 aromatic carbocycles. The average molecular weight is 320 g/mol. The van der Waals surface area contributed by atoms with Gasteiger partial charge in [-0.3, -0.25) is 0 Å². The van der Waals surface area contributed by atoms with Gasteiger partial charge in [0.1, 0.15) is 5.70 Å². The standard InChI is InChI=1S/C18H16N4O2/c1-3-24-18(23)15(20-21-19)10-12-8-9-14-13-6-4-5-7-16(13)22(2)17(14)11-12/h4-11H,3H2,1-2H3/b15-10+. The molecule has 0 N–H and O–H groups in total. The average Bonchev–Trinajstić information content (AvgIpc) is 2.88. The van der Waals surface area contributed by atoms with Gasteiger partial charge in [0.25, 0.3) is 0 Å². The summed E-state index contributed by atoms with van der Waals surface area (Å²) in [6, 6.07) is 14.0. The van der Waals surface area contributed by atoms with Crippen LogP contribution in [0.15, 0.2) is 53.3 Å². The normalized spacial score (nSPS) is 11.5. The van der Waals surface area contributed by atoms with Crippen LogP contribution in [0.1, 0.15) is 12.5 Å². The van der Waals surface area contributed by atoms with Crippen molar-refractivity contribution < 1.29 is 9.53 Å². The van der Waals surface area contributed by atoms with E-state index in [-0.39, 0.29) is 12.3 Å². The Hall–Kier alpha value is -3.24. The lowest BCUT2D eigenvalue weighted by atomic mass is 10.1. The molecule has 0 radical (unpaired) electrons. The molecule has 0 atom stereocenters. The summed E-state index contributed by atoms with van der Waals surface area (Å²) in [4.78, 5) is 14.5. The molecule has 0 unspecified atom stereocenters. The molecule has 120 valence electrons. The first-order chi connectivity index (χ1) is 11.7. The molecule has 3 aromatic rings. The predicted molar refractivity (Wildman–Crippen MR) is 94.2 cm³/mol. The zero-order valence-corrected chi connectivity index (χ0v) is 13.4. The second-order valence-corrected chi connectivity index (χ2v) is 5.29. The first-order valence-corrected chi connectivity index (χ1v) is 7.56. The van der Waals surface area contributed by atoms with Crippen LogP contribution in [-0.2, 0) is 16.6 Å². The molecule has 0 bridgehead atoms. The molecule has 0 saturated carbocycles. The highest BCUT2D eigenvalue weighted by molar-refractivity contribution is 6.08. The first kappa shape index (κ1) is 15.6. The van der Waals surface area contributed by atoms with Crippen LogP contribution >= 0.6 is 0 Å². The van der Waals surface area contributed by atoms with Crippen molar-refractivity contribution >= 4 is 33.9 Å². The summed E-state index contributed by atoms with van der Waals surface area (Å²) in [5, 5.41) is 5.75. The van der Waals surface area contributed by atoms with E-state index >= 15 is 0 Å². The van der Waals surface area contributed by atoms with Gasteiger partial charge in [0.15, 0.2) is 0 Å². The van der Waals surface area contributed by atoms with E-state index in [1.165, 1.54) is 11.5 Å². The maximum absolute atomic E-state index is 11.8. The lowest BCUT2D eigenvalue weighted by molar-refractivity contribution is -0.138. The number of aryl methyl sites for hydroxylation is 1. The number of esters is 1. The fourth-order valence-electron chi connectivity index (χ4n) is 2.81. The second-order valence-electron chi connectivity index (χ2n) is 5.29. The number of nitrogens with zero attached hydrogens (tertiary/aromatic N) is 4. The zero-order valence-electron chi connectivity index (χ0n) is 13.4. The summed E-state index contributed by atoms with van der Waals surface area (Å²) in [5.41, 5.74) is 11.5. The number of carbonyl (C=O) groups is 1. The Bertz CT molecular complexity index is 1010. The molecule has 0 aliphatic heterocycles. The maximum Gasteiger partial charge on any atom is 0.340 e. The molecule has 0 amide bonds. The zero-order chi connectivity index (χ0) is 17.1. The predicted octanol–water partition coefficient (Wildman–Crippen LogP) is 4.55. The summed E-state index contributed by atoms with van der Waals surface area (Å²) < 4.78 is 7.01. The third kappa shape index (κ3) is 2.71. The molecular formula is C18H16N4O2. The van der Waals surface area contributed by atoms with E-state index in [0.717, 1.165) is 22.0 Å². The Morgan fingerprint density at radius 1 is 1.25 bits per heavy atom. The summed E-state index contributed by atoms with van der Waals surface area (Å²) in [7, 11) is 2.00. The van der Waals surface area contributed by atoms with Crippen LogP contribution in [0.4, 0.5) is 0 Å². The largest absolute Gasteiger partial charge is 0.462 e. The van der Waals surface area contributed by atoms with Crippen molar-refractivity contribution in [2.45, 2.75) is 6.92 Å². The second kappa shape index (κ2) is 6.48. The maximum atomic E-state index is 11.8. The third-order valence-corrected chi connectivity index (χ3v) is 3.88. The van der Waals surface area contributed by atoms with Gasteiger partial charge in [0.2, 0.25) is 0 Å². The fourth-order valence-corrected chi connectivity index (χ4v) is 2.81. The van der Waals surface area contributed by atoms with Gasteiger partial charge < -0.3 is 9.30 Å². The number of hydrogen-bond donors (Lipinski definition) is 0. The smallest absolute Gasteiger partial charge is 0.340 e. The van der Waals surface area contributed by atoms with Crippen molar-refractivity contribution in [2.24, 2.45) is 12.2 Å². The number of fused-ring (bicyclic) bond motifs is 3. The van der Waals surface area contributed by atoms with Crippen LogP contribution in [0.3, 0.4) is 0 Å². The van der Waals surface area contributed by atoms with Crippen LogP contribution in [0, 0.1) is 0 Å². The highest BCUT2D eigenvalue weighted by Crippen LogP contribution is 2.29. The van der Waals surface area contributed by atoms with Crippen LogP contribution in [0.2, 0.25) is 0 Å². The molecule has 0 aliphatic carbocycles. The minimum Gasteiger partial charge on any atom is -0.462 e. The Labute approximate surface area is 138 Å². The Balaban J connectivity index is 2.15. The number of benzene rings is 2. The lowest BCUT2D eigenvalue weighted by Gasteiger charge is -2.03. The minimum atomic E-state index is -0.632. The number of azide groups is 1. The molecule has 0 saturated heterocycles. The molecule has 1 heterocycles. The third-order valence-electron chi connectivity index (χ3n) is 3.88. The monoisotopic (exact) mass is 320 g/mol. The summed E-state index contributed by atoms with van der Waals surface area (Å²) in [5.74, 6) is -0.632. The van der Waals surface area contributed by atoms with Gasteiger partial charge in [-0.25, -0.2) is 4.79 Å². The van der Waals surface area contributed by atoms with Gasteiger partial charge >= 0.3 is 5.97 Å². The number of para-hydroxylation sites is 1. The van der Waals surface area contributed by atoms with Crippen molar-refractivity contribution in [3.05, 3.63) is 64.2 Å². The van der Waals surface area contributed by atoms with E-state index < -0.39 is 5.97 Å². The molecule has 0 spiro atoms.